The van der Waals surface area contributed by atoms with E-state index in [0.29, 0.717) is 0 Å². The molecule has 5 N–H and O–H groups in total. The molecule has 0 fully saturated rings. The van der Waals surface area contributed by atoms with E-state index < -0.39 is 10.4 Å². The fourth-order valence-corrected chi connectivity index (χ4v) is 0. The minimum absolute atomic E-state index is 0. The minimum Gasteiger partial charge on any atom is -0.344 e. The predicted octanol–water partition coefficient (Wildman–Crippen LogP) is 0.353. The summed E-state index contributed by atoms with van der Waals surface area (Å²) in [4.78, 5) is 0. The summed E-state index contributed by atoms with van der Waals surface area (Å²) in [6.07, 6.45) is 0. The highest BCUT2D eigenvalue weighted by Crippen LogP contribution is 1.59. The Morgan fingerprint density at radius 1 is 1.00 bits per heavy atom. The van der Waals surface area contributed by atoms with Crippen LogP contribution in [-0.4, -0.2) is 17.5 Å². The van der Waals surface area contributed by atoms with Gasteiger partial charge < -0.3 is 6.15 Å². The van der Waals surface area contributed by atoms with Crippen molar-refractivity contribution in [2.45, 2.75) is 0 Å². The van der Waals surface area contributed by atoms with Crippen LogP contribution in [0.25, 0.3) is 0 Å². The van der Waals surface area contributed by atoms with Crippen LogP contribution < -0.4 is 6.15 Å². The second-order valence-corrected chi connectivity index (χ2v) is 1.34. The third kappa shape index (κ3) is 1120. The van der Waals surface area contributed by atoms with Gasteiger partial charge in [0.05, 0.1) is 0 Å². The van der Waals surface area contributed by atoms with E-state index in [2.05, 4.69) is 0 Å². The zero-order chi connectivity index (χ0) is 4.50. The molecule has 0 aromatic carbocycles. The summed E-state index contributed by atoms with van der Waals surface area (Å²) in [6, 6.07) is 0. The van der Waals surface area contributed by atoms with Gasteiger partial charge in [-0.3, -0.25) is 9.11 Å². The second-order valence-electron chi connectivity index (χ2n) is 0.448. The van der Waals surface area contributed by atoms with Gasteiger partial charge in [-0.15, -0.1) is 24.8 Å². The van der Waals surface area contributed by atoms with Crippen LogP contribution in [0.15, 0.2) is 0 Å². The Morgan fingerprint density at radius 2 is 1.00 bits per heavy atom. The molecular formula is H7Cl2NO4S. The van der Waals surface area contributed by atoms with Crippen LogP contribution in [0, 0.1) is 0 Å². The first-order valence-corrected chi connectivity index (χ1v) is 2.10. The Morgan fingerprint density at radius 3 is 1.00 bits per heavy atom. The Labute approximate surface area is 59.4 Å². The van der Waals surface area contributed by atoms with E-state index in [1.807, 2.05) is 0 Å². The van der Waals surface area contributed by atoms with Crippen molar-refractivity contribution < 1.29 is 17.5 Å². The van der Waals surface area contributed by atoms with Crippen LogP contribution in [0.4, 0.5) is 0 Å². The molecule has 0 saturated heterocycles. The third-order valence-electron chi connectivity index (χ3n) is 0. The van der Waals surface area contributed by atoms with E-state index in [1.165, 1.54) is 0 Å². The molecular weight excluding hydrogens is 181 g/mol. The predicted molar refractivity (Wildman–Crippen MR) is 33.7 cm³/mol. The van der Waals surface area contributed by atoms with Crippen LogP contribution >= 0.6 is 24.8 Å². The van der Waals surface area contributed by atoms with Gasteiger partial charge in [0.15, 0.2) is 0 Å². The monoisotopic (exact) mass is 187 g/mol. The molecule has 0 aliphatic carbocycles. The third-order valence-corrected chi connectivity index (χ3v) is 0. The van der Waals surface area contributed by atoms with Gasteiger partial charge >= 0.3 is 10.4 Å². The molecule has 8 heteroatoms. The van der Waals surface area contributed by atoms with Gasteiger partial charge in [0.25, 0.3) is 0 Å². The molecule has 0 amide bonds. The van der Waals surface area contributed by atoms with Crippen LogP contribution in [-0.2, 0) is 10.4 Å². The number of halogens is 2. The van der Waals surface area contributed by atoms with Gasteiger partial charge in [-0.1, -0.05) is 0 Å². The molecule has 8 heavy (non-hydrogen) atoms. The van der Waals surface area contributed by atoms with Crippen molar-refractivity contribution in [3.05, 3.63) is 0 Å². The zero-order valence-electron chi connectivity index (χ0n) is 3.64. The van der Waals surface area contributed by atoms with Crippen molar-refractivity contribution in [2.24, 2.45) is 0 Å². The van der Waals surface area contributed by atoms with Crippen LogP contribution in [0.1, 0.15) is 0 Å². The lowest BCUT2D eigenvalue weighted by Gasteiger charge is -1.68. The van der Waals surface area contributed by atoms with Gasteiger partial charge in [-0.05, 0) is 0 Å². The molecule has 56 valence electrons. The number of rotatable bonds is 0. The minimum atomic E-state index is -4.67. The quantitative estimate of drug-likeness (QED) is 0.475. The lowest BCUT2D eigenvalue weighted by atomic mass is 14.0. The maximum atomic E-state index is 8.74. The molecule has 0 heterocycles. The SMILES string of the molecule is Cl.Cl.N.O=S(=O)(O)O. The molecule has 0 aromatic heterocycles. The molecule has 0 aromatic rings. The van der Waals surface area contributed by atoms with Crippen LogP contribution in [0.5, 0.6) is 0 Å². The first-order chi connectivity index (χ1) is 2.00. The van der Waals surface area contributed by atoms with Crippen molar-refractivity contribution in [1.29, 1.82) is 0 Å². The molecule has 0 aliphatic rings. The van der Waals surface area contributed by atoms with E-state index in [-0.39, 0.29) is 31.0 Å². The maximum absolute atomic E-state index is 8.74. The highest BCUT2D eigenvalue weighted by Gasteiger charge is 1.84. The maximum Gasteiger partial charge on any atom is 0.394 e. The largest absolute Gasteiger partial charge is 0.394 e. The molecule has 5 nitrogen and oxygen atoms in total. The molecule has 0 spiro atoms. The second kappa shape index (κ2) is 7.41. The highest BCUT2D eigenvalue weighted by atomic mass is 35.5. The first-order valence-electron chi connectivity index (χ1n) is 0.698. The van der Waals surface area contributed by atoms with E-state index in [9.17, 15) is 0 Å². The molecule has 0 saturated carbocycles. The lowest BCUT2D eigenvalue weighted by molar-refractivity contribution is 0.381. The highest BCUT2D eigenvalue weighted by molar-refractivity contribution is 7.79. The van der Waals surface area contributed by atoms with Gasteiger partial charge in [-0.2, -0.15) is 8.42 Å². The van der Waals surface area contributed by atoms with Gasteiger partial charge in [0.2, 0.25) is 0 Å². The first kappa shape index (κ1) is 23.7. The summed E-state index contributed by atoms with van der Waals surface area (Å²) < 4.78 is 31.6. The summed E-state index contributed by atoms with van der Waals surface area (Å²) in [6.45, 7) is 0. The van der Waals surface area contributed by atoms with Crippen molar-refractivity contribution in [3.63, 3.8) is 0 Å². The summed E-state index contributed by atoms with van der Waals surface area (Å²) in [5.41, 5.74) is 0. The van der Waals surface area contributed by atoms with Crippen molar-refractivity contribution in [2.75, 3.05) is 0 Å². The summed E-state index contributed by atoms with van der Waals surface area (Å²) in [7, 11) is -4.67. The van der Waals surface area contributed by atoms with Gasteiger partial charge in [0, 0.05) is 0 Å². The van der Waals surface area contributed by atoms with Crippen molar-refractivity contribution in [1.82, 2.24) is 6.15 Å². The van der Waals surface area contributed by atoms with Crippen LogP contribution in [0.3, 0.4) is 0 Å². The topological polar surface area (TPSA) is 110 Å². The number of hydrogen-bond acceptors (Lipinski definition) is 3. The average molecular weight is 188 g/mol. The van der Waals surface area contributed by atoms with Crippen LogP contribution in [0.2, 0.25) is 0 Å². The summed E-state index contributed by atoms with van der Waals surface area (Å²) in [5, 5.41) is 0. The lowest BCUT2D eigenvalue weighted by Crippen LogP contribution is -1.89. The summed E-state index contributed by atoms with van der Waals surface area (Å²) in [5.74, 6) is 0. The Balaban J connectivity index is -0.0000000267. The van der Waals surface area contributed by atoms with Gasteiger partial charge in [0.1, 0.15) is 0 Å². The van der Waals surface area contributed by atoms with E-state index in [0.717, 1.165) is 0 Å². The standard InChI is InChI=1S/2ClH.H3N.H2O4S/c;;;1-5(2,3)4/h2*1H;1H3;(H2,1,2,3,4). The van der Waals surface area contributed by atoms with E-state index >= 15 is 0 Å². The fraction of sp³-hybridized carbons (Fsp3) is 0. The molecule has 0 bridgehead atoms. The summed E-state index contributed by atoms with van der Waals surface area (Å²) >= 11 is 0. The van der Waals surface area contributed by atoms with E-state index in [4.69, 9.17) is 17.5 Å². The van der Waals surface area contributed by atoms with Crippen molar-refractivity contribution >= 4 is 35.2 Å². The van der Waals surface area contributed by atoms with Crippen molar-refractivity contribution in [3.8, 4) is 0 Å². The van der Waals surface area contributed by atoms with Gasteiger partial charge in [-0.25, -0.2) is 0 Å². The zero-order valence-corrected chi connectivity index (χ0v) is 6.09. The molecule has 0 rings (SSSR count). The van der Waals surface area contributed by atoms with E-state index in [1.54, 1.807) is 0 Å². The average Bonchev–Trinajstić information content (AvgIpc) is 0.722. The number of hydrogen-bond donors (Lipinski definition) is 3. The normalized spacial score (nSPS) is 7.25. The smallest absolute Gasteiger partial charge is 0.344 e. The Bertz CT molecular complexity index is 97.2. The fourth-order valence-electron chi connectivity index (χ4n) is 0. The molecule has 0 atom stereocenters. The molecule has 0 aliphatic heterocycles. The Kier molecular flexibility index (Phi) is 22.0. The Hall–Kier alpha value is 0.410. The molecule has 0 unspecified atom stereocenters. The molecule has 0 radical (unpaired) electrons.